The van der Waals surface area contributed by atoms with Gasteiger partial charge in [0.05, 0.1) is 37.2 Å². The maximum absolute atomic E-state index is 13.5. The van der Waals surface area contributed by atoms with Crippen LogP contribution in [0.25, 0.3) is 22.2 Å². The number of aromatic nitrogens is 2. The van der Waals surface area contributed by atoms with Gasteiger partial charge in [-0.2, -0.15) is 0 Å². The van der Waals surface area contributed by atoms with Crippen LogP contribution in [-0.4, -0.2) is 64.6 Å². The van der Waals surface area contributed by atoms with Crippen LogP contribution in [-0.2, 0) is 16.1 Å². The lowest BCUT2D eigenvalue weighted by Gasteiger charge is -2.35. The number of nitrogens with one attached hydrogen (secondary N) is 1. The van der Waals surface area contributed by atoms with Crippen molar-refractivity contribution in [2.24, 2.45) is 5.92 Å². The number of aryl methyl sites for hydroxylation is 2. The molecule has 1 atom stereocenters. The molecule has 190 valence electrons. The number of nitrogens with zero attached hydrogens (tertiary/aromatic N) is 3. The minimum absolute atomic E-state index is 0.0115. The van der Waals surface area contributed by atoms with Gasteiger partial charge >= 0.3 is 12.0 Å². The molecule has 0 saturated carbocycles. The van der Waals surface area contributed by atoms with Gasteiger partial charge in [0.2, 0.25) is 0 Å². The van der Waals surface area contributed by atoms with E-state index in [0.717, 1.165) is 57.7 Å². The molecule has 2 amide bonds. The third kappa shape index (κ3) is 5.03. The summed E-state index contributed by atoms with van der Waals surface area (Å²) in [5.41, 5.74) is 6.21. The van der Waals surface area contributed by atoms with Crippen LogP contribution < -0.4 is 4.74 Å². The van der Waals surface area contributed by atoms with Gasteiger partial charge in [0.1, 0.15) is 18.2 Å². The number of benzene rings is 2. The number of urea groups is 1. The van der Waals surface area contributed by atoms with Gasteiger partial charge in [-0.1, -0.05) is 6.07 Å². The van der Waals surface area contributed by atoms with Crippen LogP contribution in [0.15, 0.2) is 30.3 Å². The van der Waals surface area contributed by atoms with E-state index in [-0.39, 0.29) is 17.9 Å². The average Bonchev–Trinajstić information content (AvgIpc) is 3.09. The smallest absolute Gasteiger partial charge is 0.320 e. The highest BCUT2D eigenvalue weighted by Gasteiger charge is 2.30. The normalized spacial score (nSPS) is 17.9. The average molecular weight is 491 g/mol. The molecule has 3 heterocycles. The Labute approximate surface area is 211 Å². The molecule has 0 radical (unpaired) electrons. The summed E-state index contributed by atoms with van der Waals surface area (Å²) in [6, 6.07) is 10.5. The molecular weight excluding hydrogens is 456 g/mol. The fraction of sp³-hybridized carbons (Fsp3) is 0.464. The second kappa shape index (κ2) is 10.2. The fourth-order valence-electron chi connectivity index (χ4n) is 5.42. The van der Waals surface area contributed by atoms with E-state index in [1.165, 1.54) is 0 Å². The zero-order chi connectivity index (χ0) is 25.2. The van der Waals surface area contributed by atoms with Gasteiger partial charge in [-0.15, -0.1) is 0 Å². The first-order valence-electron chi connectivity index (χ1n) is 12.8. The number of hydrogen-bond donors (Lipinski definition) is 1. The standard InChI is InChI=1S/C28H34N4O4/c1-4-35-26(33)13-20-6-5-9-31(16-20)28(34)32-10-11-36-27-18(2)12-22(14-23(27)17-32)21-7-8-24-25(15-21)30-19(3)29-24/h7-8,12,14-15,20H,4-6,9-11,13,16-17H2,1-3H3,(H,29,30). The Bertz CT molecular complexity index is 1280. The van der Waals surface area contributed by atoms with Crippen LogP contribution in [0.5, 0.6) is 5.75 Å². The number of carbonyl (C=O) groups is 2. The minimum Gasteiger partial charge on any atom is -0.491 e. The molecule has 3 aromatic rings. The number of fused-ring (bicyclic) bond motifs is 2. The maximum Gasteiger partial charge on any atom is 0.320 e. The van der Waals surface area contributed by atoms with Crippen molar-refractivity contribution in [3.8, 4) is 16.9 Å². The van der Waals surface area contributed by atoms with Crippen molar-refractivity contribution < 1.29 is 19.1 Å². The van der Waals surface area contributed by atoms with Crippen LogP contribution in [0.4, 0.5) is 4.79 Å². The van der Waals surface area contributed by atoms with Crippen molar-refractivity contribution in [2.45, 2.75) is 46.6 Å². The van der Waals surface area contributed by atoms with E-state index in [0.29, 0.717) is 45.8 Å². The summed E-state index contributed by atoms with van der Waals surface area (Å²) in [6.07, 6.45) is 2.21. The molecule has 1 aromatic heterocycles. The van der Waals surface area contributed by atoms with Crippen molar-refractivity contribution in [1.29, 1.82) is 0 Å². The van der Waals surface area contributed by atoms with Gasteiger partial charge in [-0.3, -0.25) is 4.79 Å². The first-order valence-corrected chi connectivity index (χ1v) is 12.8. The molecule has 36 heavy (non-hydrogen) atoms. The molecule has 5 rings (SSSR count). The summed E-state index contributed by atoms with van der Waals surface area (Å²) in [7, 11) is 0. The molecule has 8 heteroatoms. The first-order chi connectivity index (χ1) is 17.4. The lowest BCUT2D eigenvalue weighted by molar-refractivity contribution is -0.144. The number of esters is 1. The summed E-state index contributed by atoms with van der Waals surface area (Å²) in [5.74, 6) is 1.73. The number of rotatable bonds is 4. The zero-order valence-corrected chi connectivity index (χ0v) is 21.3. The number of H-pyrrole nitrogens is 1. The highest BCUT2D eigenvalue weighted by Crippen LogP contribution is 2.34. The Hall–Kier alpha value is -3.55. The molecule has 2 aliphatic rings. The molecule has 0 bridgehead atoms. The topological polar surface area (TPSA) is 87.8 Å². The lowest BCUT2D eigenvalue weighted by atomic mass is 9.95. The van der Waals surface area contributed by atoms with E-state index < -0.39 is 0 Å². The Morgan fingerprint density at radius 1 is 1.14 bits per heavy atom. The third-order valence-electron chi connectivity index (χ3n) is 7.07. The summed E-state index contributed by atoms with van der Waals surface area (Å²) in [6.45, 7) is 9.00. The first kappa shape index (κ1) is 24.2. The van der Waals surface area contributed by atoms with Crippen molar-refractivity contribution in [1.82, 2.24) is 19.8 Å². The van der Waals surface area contributed by atoms with Gasteiger partial charge in [-0.25, -0.2) is 9.78 Å². The van der Waals surface area contributed by atoms with Gasteiger partial charge in [-0.05, 0) is 80.5 Å². The zero-order valence-electron chi connectivity index (χ0n) is 21.3. The Morgan fingerprint density at radius 3 is 2.83 bits per heavy atom. The number of likely N-dealkylation sites (tertiary alicyclic amines) is 1. The molecule has 1 fully saturated rings. The predicted octanol–water partition coefficient (Wildman–Crippen LogP) is 4.83. The number of amides is 2. The quantitative estimate of drug-likeness (QED) is 0.530. The Morgan fingerprint density at radius 2 is 2.00 bits per heavy atom. The largest absolute Gasteiger partial charge is 0.491 e. The predicted molar refractivity (Wildman–Crippen MR) is 138 cm³/mol. The summed E-state index contributed by atoms with van der Waals surface area (Å²) in [5, 5.41) is 0. The van der Waals surface area contributed by atoms with E-state index in [1.807, 2.05) is 29.7 Å². The molecule has 8 nitrogen and oxygen atoms in total. The SMILES string of the molecule is CCOC(=O)CC1CCCN(C(=O)N2CCOc3c(C)cc(-c4ccc5nc(C)[nH]c5c4)cc3C2)C1. The fourth-order valence-corrected chi connectivity index (χ4v) is 5.42. The molecule has 1 saturated heterocycles. The highest BCUT2D eigenvalue weighted by molar-refractivity contribution is 5.83. The minimum atomic E-state index is -0.180. The van der Waals surface area contributed by atoms with Crippen LogP contribution in [0.2, 0.25) is 0 Å². The number of imidazole rings is 1. The molecule has 0 aliphatic carbocycles. The summed E-state index contributed by atoms with van der Waals surface area (Å²) < 4.78 is 11.2. The van der Waals surface area contributed by atoms with Gasteiger partial charge < -0.3 is 24.3 Å². The van der Waals surface area contributed by atoms with Crippen molar-refractivity contribution in [3.63, 3.8) is 0 Å². The van der Waals surface area contributed by atoms with E-state index in [2.05, 4.69) is 41.2 Å². The van der Waals surface area contributed by atoms with Crippen LogP contribution in [0, 0.1) is 19.8 Å². The number of piperidine rings is 1. The monoisotopic (exact) mass is 490 g/mol. The second-order valence-electron chi connectivity index (χ2n) is 9.85. The summed E-state index contributed by atoms with van der Waals surface area (Å²) >= 11 is 0. The maximum atomic E-state index is 13.5. The number of ether oxygens (including phenoxy) is 2. The van der Waals surface area contributed by atoms with Gasteiger partial charge in [0.15, 0.2) is 0 Å². The van der Waals surface area contributed by atoms with Crippen molar-refractivity contribution in [3.05, 3.63) is 47.3 Å². The van der Waals surface area contributed by atoms with E-state index in [1.54, 1.807) is 0 Å². The van der Waals surface area contributed by atoms with Crippen molar-refractivity contribution >= 4 is 23.0 Å². The molecular formula is C28H34N4O4. The van der Waals surface area contributed by atoms with Crippen molar-refractivity contribution in [2.75, 3.05) is 32.8 Å². The van der Waals surface area contributed by atoms with Crippen LogP contribution >= 0.6 is 0 Å². The molecule has 1 unspecified atom stereocenters. The molecule has 0 spiro atoms. The Balaban J connectivity index is 1.35. The van der Waals surface area contributed by atoms with Gasteiger partial charge in [0, 0.05) is 18.7 Å². The van der Waals surface area contributed by atoms with Gasteiger partial charge in [0.25, 0.3) is 0 Å². The van der Waals surface area contributed by atoms with Crippen LogP contribution in [0.1, 0.15) is 43.1 Å². The van der Waals surface area contributed by atoms with E-state index in [9.17, 15) is 9.59 Å². The molecule has 2 aromatic carbocycles. The second-order valence-corrected chi connectivity index (χ2v) is 9.85. The van der Waals surface area contributed by atoms with E-state index >= 15 is 0 Å². The molecule has 2 aliphatic heterocycles. The lowest BCUT2D eigenvalue weighted by Crippen LogP contribution is -2.48. The van der Waals surface area contributed by atoms with Crippen LogP contribution in [0.3, 0.4) is 0 Å². The number of aromatic amines is 1. The molecule has 1 N–H and O–H groups in total. The Kier molecular flexibility index (Phi) is 6.85. The van der Waals surface area contributed by atoms with E-state index in [4.69, 9.17) is 9.47 Å². The number of hydrogen-bond acceptors (Lipinski definition) is 5. The highest BCUT2D eigenvalue weighted by atomic mass is 16.5. The third-order valence-corrected chi connectivity index (χ3v) is 7.07. The number of carbonyl (C=O) groups excluding carboxylic acids is 2. The summed E-state index contributed by atoms with van der Waals surface area (Å²) in [4.78, 5) is 37.1.